The van der Waals surface area contributed by atoms with Crippen LogP contribution in [0, 0.1) is 13.8 Å². The number of benzene rings is 1. The Bertz CT molecular complexity index is 1130. The molecule has 6 nitrogen and oxygen atoms in total. The van der Waals surface area contributed by atoms with Crippen molar-refractivity contribution >= 4 is 33.1 Å². The zero-order valence-electron chi connectivity index (χ0n) is 19.1. The molecular weight excluding hydrogens is 408 g/mol. The van der Waals surface area contributed by atoms with Crippen molar-refractivity contribution in [1.82, 2.24) is 14.5 Å². The Morgan fingerprint density at radius 1 is 1.16 bits per heavy atom. The van der Waals surface area contributed by atoms with Gasteiger partial charge in [-0.25, -0.2) is 4.98 Å². The molecule has 0 fully saturated rings. The van der Waals surface area contributed by atoms with Gasteiger partial charge >= 0.3 is 0 Å². The van der Waals surface area contributed by atoms with Crippen LogP contribution >= 0.6 is 11.3 Å². The number of likely N-dealkylation sites (N-methyl/N-ethyl adjacent to an activating group) is 1. The van der Waals surface area contributed by atoms with Crippen LogP contribution in [0.15, 0.2) is 29.1 Å². The fourth-order valence-corrected chi connectivity index (χ4v) is 4.88. The largest absolute Gasteiger partial charge is 0.321 e. The van der Waals surface area contributed by atoms with Crippen molar-refractivity contribution in [3.63, 3.8) is 0 Å². The molecule has 2 heterocycles. The fraction of sp³-hybridized carbons (Fsp3) is 0.458. The Labute approximate surface area is 187 Å². The Balaban J connectivity index is 2.02. The maximum atomic E-state index is 13.5. The number of hydrogen-bond donors (Lipinski definition) is 1. The summed E-state index contributed by atoms with van der Waals surface area (Å²) in [5.74, 6) is 0.611. The molecule has 0 saturated carbocycles. The van der Waals surface area contributed by atoms with Crippen LogP contribution < -0.4 is 10.9 Å². The maximum absolute atomic E-state index is 13.5. The second-order valence-corrected chi connectivity index (χ2v) is 8.77. The van der Waals surface area contributed by atoms with Gasteiger partial charge in [-0.1, -0.05) is 39.0 Å². The predicted octanol–water partition coefficient (Wildman–Crippen LogP) is 4.62. The average molecular weight is 441 g/mol. The Kier molecular flexibility index (Phi) is 7.62. The van der Waals surface area contributed by atoms with E-state index in [1.807, 2.05) is 42.7 Å². The number of aryl methyl sites for hydroxylation is 3. The lowest BCUT2D eigenvalue weighted by molar-refractivity contribution is 0.103. The molecule has 0 spiro atoms. The number of rotatable bonds is 9. The van der Waals surface area contributed by atoms with Crippen LogP contribution in [0.2, 0.25) is 0 Å². The van der Waals surface area contributed by atoms with Crippen LogP contribution in [0.25, 0.3) is 10.2 Å². The summed E-state index contributed by atoms with van der Waals surface area (Å²) in [4.78, 5) is 34.8. The summed E-state index contributed by atoms with van der Waals surface area (Å²) in [5.41, 5.74) is 2.45. The third-order valence-corrected chi connectivity index (χ3v) is 6.92. The quantitative estimate of drug-likeness (QED) is 0.527. The van der Waals surface area contributed by atoms with E-state index in [2.05, 4.69) is 31.0 Å². The first-order valence-electron chi connectivity index (χ1n) is 11.0. The van der Waals surface area contributed by atoms with E-state index in [4.69, 9.17) is 4.98 Å². The first-order valence-corrected chi connectivity index (χ1v) is 11.8. The summed E-state index contributed by atoms with van der Waals surface area (Å²) in [6.07, 6.45) is 1.65. The second kappa shape index (κ2) is 10.2. The predicted molar refractivity (Wildman–Crippen MR) is 130 cm³/mol. The maximum Gasteiger partial charge on any atom is 0.266 e. The molecule has 1 N–H and O–H groups in total. The van der Waals surface area contributed by atoms with Gasteiger partial charge in [-0.05, 0) is 50.6 Å². The molecule has 0 atom stereocenters. The standard InChI is InChI=1S/C24H32N4O2S/c1-6-11-19-26-23-20(24(30)28(19)15-14-27(7-2)8-3)17(5)21(31-23)22(29)25-18-13-10-9-12-16(18)4/h9-10,12-13H,6-8,11,14-15H2,1-5H3,(H,25,29). The number of nitrogens with one attached hydrogen (secondary N) is 1. The number of thiophene rings is 1. The topological polar surface area (TPSA) is 67.2 Å². The molecule has 0 saturated heterocycles. The summed E-state index contributed by atoms with van der Waals surface area (Å²) in [6, 6.07) is 7.68. The zero-order valence-corrected chi connectivity index (χ0v) is 19.9. The summed E-state index contributed by atoms with van der Waals surface area (Å²) in [7, 11) is 0. The van der Waals surface area contributed by atoms with Gasteiger partial charge in [0.25, 0.3) is 11.5 Å². The van der Waals surface area contributed by atoms with Crippen molar-refractivity contribution in [3.8, 4) is 0 Å². The number of fused-ring (bicyclic) bond motifs is 1. The van der Waals surface area contributed by atoms with Crippen molar-refractivity contribution in [1.29, 1.82) is 0 Å². The molecular formula is C24H32N4O2S. The molecule has 0 bridgehead atoms. The number of carbonyl (C=O) groups excluding carboxylic acids is 1. The van der Waals surface area contributed by atoms with Crippen LogP contribution in [0.3, 0.4) is 0 Å². The highest BCUT2D eigenvalue weighted by molar-refractivity contribution is 7.20. The van der Waals surface area contributed by atoms with Crippen molar-refractivity contribution in [2.24, 2.45) is 0 Å². The third-order valence-electron chi connectivity index (χ3n) is 5.74. The van der Waals surface area contributed by atoms with Crippen LogP contribution in [0.4, 0.5) is 5.69 Å². The highest BCUT2D eigenvalue weighted by Crippen LogP contribution is 2.29. The molecule has 166 valence electrons. The van der Waals surface area contributed by atoms with E-state index in [0.717, 1.165) is 49.6 Å². The lowest BCUT2D eigenvalue weighted by Crippen LogP contribution is -2.33. The minimum Gasteiger partial charge on any atom is -0.321 e. The Morgan fingerprint density at radius 2 is 1.87 bits per heavy atom. The van der Waals surface area contributed by atoms with Crippen LogP contribution in [0.1, 0.15) is 53.8 Å². The monoisotopic (exact) mass is 440 g/mol. The molecule has 1 aromatic carbocycles. The first kappa shape index (κ1) is 23.2. The molecule has 31 heavy (non-hydrogen) atoms. The number of hydrogen-bond acceptors (Lipinski definition) is 5. The van der Waals surface area contributed by atoms with Gasteiger partial charge in [-0.15, -0.1) is 11.3 Å². The number of anilines is 1. The molecule has 2 aromatic heterocycles. The van der Waals surface area contributed by atoms with Gasteiger partial charge in [-0.2, -0.15) is 0 Å². The van der Waals surface area contributed by atoms with Gasteiger partial charge in [0, 0.05) is 25.2 Å². The minimum absolute atomic E-state index is 0.0377. The van der Waals surface area contributed by atoms with E-state index in [-0.39, 0.29) is 11.5 Å². The third kappa shape index (κ3) is 4.88. The average Bonchev–Trinajstić information content (AvgIpc) is 3.09. The minimum atomic E-state index is -0.194. The van der Waals surface area contributed by atoms with E-state index >= 15 is 0 Å². The van der Waals surface area contributed by atoms with E-state index < -0.39 is 0 Å². The normalized spacial score (nSPS) is 11.4. The summed E-state index contributed by atoms with van der Waals surface area (Å²) >= 11 is 1.31. The molecule has 1 amide bonds. The highest BCUT2D eigenvalue weighted by Gasteiger charge is 2.22. The van der Waals surface area contributed by atoms with Crippen LogP contribution in [-0.2, 0) is 13.0 Å². The second-order valence-electron chi connectivity index (χ2n) is 7.77. The number of nitrogens with zero attached hydrogens (tertiary/aromatic N) is 3. The Morgan fingerprint density at radius 3 is 2.52 bits per heavy atom. The van der Waals surface area contributed by atoms with Gasteiger partial charge in [0.15, 0.2) is 0 Å². The number of para-hydroxylation sites is 1. The SMILES string of the molecule is CCCc1nc2sc(C(=O)Nc3ccccc3C)c(C)c2c(=O)n1CCN(CC)CC. The highest BCUT2D eigenvalue weighted by atomic mass is 32.1. The molecule has 0 aliphatic heterocycles. The van der Waals surface area contributed by atoms with E-state index in [0.29, 0.717) is 27.2 Å². The van der Waals surface area contributed by atoms with Crippen LogP contribution in [-0.4, -0.2) is 40.0 Å². The zero-order chi connectivity index (χ0) is 22.5. The molecule has 7 heteroatoms. The number of carbonyl (C=O) groups is 1. The van der Waals surface area contributed by atoms with Crippen molar-refractivity contribution in [3.05, 3.63) is 56.4 Å². The van der Waals surface area contributed by atoms with Gasteiger partial charge < -0.3 is 10.2 Å². The van der Waals surface area contributed by atoms with E-state index in [9.17, 15) is 9.59 Å². The molecule has 0 aliphatic rings. The van der Waals surface area contributed by atoms with Gasteiger partial charge in [-0.3, -0.25) is 14.2 Å². The first-order chi connectivity index (χ1) is 14.9. The lowest BCUT2D eigenvalue weighted by Gasteiger charge is -2.20. The lowest BCUT2D eigenvalue weighted by atomic mass is 10.1. The van der Waals surface area contributed by atoms with Crippen molar-refractivity contribution < 1.29 is 4.79 Å². The molecule has 0 aliphatic carbocycles. The molecule has 3 rings (SSSR count). The smallest absolute Gasteiger partial charge is 0.266 e. The van der Waals surface area contributed by atoms with Gasteiger partial charge in [0.1, 0.15) is 10.7 Å². The summed E-state index contributed by atoms with van der Waals surface area (Å²) in [5, 5.41) is 3.55. The Hall–Kier alpha value is -2.51. The van der Waals surface area contributed by atoms with E-state index in [1.54, 1.807) is 0 Å². The van der Waals surface area contributed by atoms with Crippen molar-refractivity contribution in [2.45, 2.75) is 54.0 Å². The van der Waals surface area contributed by atoms with Gasteiger partial charge in [0.05, 0.1) is 10.3 Å². The van der Waals surface area contributed by atoms with Gasteiger partial charge in [0.2, 0.25) is 0 Å². The summed E-state index contributed by atoms with van der Waals surface area (Å²) in [6.45, 7) is 13.5. The number of aromatic nitrogens is 2. The van der Waals surface area contributed by atoms with Crippen LogP contribution in [0.5, 0.6) is 0 Å². The van der Waals surface area contributed by atoms with Crippen molar-refractivity contribution in [2.75, 3.05) is 25.0 Å². The molecule has 0 radical (unpaired) electrons. The molecule has 3 aromatic rings. The fourth-order valence-electron chi connectivity index (χ4n) is 3.79. The van der Waals surface area contributed by atoms with E-state index in [1.165, 1.54) is 11.3 Å². The molecule has 0 unspecified atom stereocenters. The number of amides is 1. The summed E-state index contributed by atoms with van der Waals surface area (Å²) < 4.78 is 1.81.